The normalized spacial score (nSPS) is 11.1. The maximum atomic E-state index is 12.0. The van der Waals surface area contributed by atoms with Crippen molar-refractivity contribution in [2.45, 2.75) is 13.3 Å². The molecule has 1 amide bonds. The van der Waals surface area contributed by atoms with Crippen LogP contribution in [0.15, 0.2) is 84.9 Å². The molecule has 0 unspecified atom stereocenters. The molecule has 3 rings (SSSR count). The van der Waals surface area contributed by atoms with Gasteiger partial charge in [0.05, 0.1) is 0 Å². The van der Waals surface area contributed by atoms with Gasteiger partial charge in [0.25, 0.3) is 5.91 Å². The first-order valence-corrected chi connectivity index (χ1v) is 9.69. The number of amides is 1. The largest absolute Gasteiger partial charge is 0.381 e. The molecule has 3 nitrogen and oxygen atoms in total. The van der Waals surface area contributed by atoms with E-state index < -0.39 is 0 Å². The van der Waals surface area contributed by atoms with Gasteiger partial charge in [-0.25, -0.2) is 0 Å². The summed E-state index contributed by atoms with van der Waals surface area (Å²) in [4.78, 5) is 12.0. The van der Waals surface area contributed by atoms with Crippen molar-refractivity contribution >= 4 is 23.2 Å². The third-order valence-corrected chi connectivity index (χ3v) is 4.45. The van der Waals surface area contributed by atoms with E-state index in [0.29, 0.717) is 18.7 Å². The Bertz CT molecular complexity index is 900. The van der Waals surface area contributed by atoms with Crippen LogP contribution in [0.3, 0.4) is 0 Å². The van der Waals surface area contributed by atoms with E-state index in [-0.39, 0.29) is 5.91 Å². The van der Waals surface area contributed by atoms with Crippen LogP contribution < -0.4 is 10.6 Å². The highest BCUT2D eigenvalue weighted by molar-refractivity contribution is 5.94. The van der Waals surface area contributed by atoms with Crippen molar-refractivity contribution in [1.29, 1.82) is 0 Å². The molecule has 0 aliphatic heterocycles. The first kappa shape index (κ1) is 19.4. The maximum absolute atomic E-state index is 12.0. The lowest BCUT2D eigenvalue weighted by molar-refractivity contribution is 0.0953. The zero-order valence-corrected chi connectivity index (χ0v) is 16.2. The van der Waals surface area contributed by atoms with Crippen molar-refractivity contribution in [3.63, 3.8) is 0 Å². The molecule has 0 aromatic heterocycles. The van der Waals surface area contributed by atoms with Gasteiger partial charge in [-0.2, -0.15) is 0 Å². The van der Waals surface area contributed by atoms with Crippen molar-refractivity contribution < 1.29 is 4.79 Å². The first-order chi connectivity index (χ1) is 13.8. The predicted octanol–water partition coefficient (Wildman–Crippen LogP) is 5.48. The Labute approximate surface area is 167 Å². The minimum atomic E-state index is -0.0256. The molecule has 0 saturated heterocycles. The van der Waals surface area contributed by atoms with Crippen molar-refractivity contribution in [3.8, 4) is 0 Å². The van der Waals surface area contributed by atoms with Crippen LogP contribution in [0.5, 0.6) is 0 Å². The van der Waals surface area contributed by atoms with Gasteiger partial charge in [-0.1, -0.05) is 67.6 Å². The summed E-state index contributed by atoms with van der Waals surface area (Å²) in [5.74, 6) is -0.0256. The van der Waals surface area contributed by atoms with E-state index in [4.69, 9.17) is 0 Å². The number of hydrogen-bond acceptors (Lipinski definition) is 2. The number of benzene rings is 3. The minimum absolute atomic E-state index is 0.0256. The Morgan fingerprint density at radius 1 is 0.821 bits per heavy atom. The maximum Gasteiger partial charge on any atom is 0.251 e. The predicted molar refractivity (Wildman–Crippen MR) is 118 cm³/mol. The van der Waals surface area contributed by atoms with Gasteiger partial charge in [0.2, 0.25) is 0 Å². The van der Waals surface area contributed by atoms with Crippen LogP contribution in [0, 0.1) is 0 Å². The summed E-state index contributed by atoms with van der Waals surface area (Å²) in [5.41, 5.74) is 5.24. The van der Waals surface area contributed by atoms with E-state index in [0.717, 1.165) is 12.1 Å². The van der Waals surface area contributed by atoms with Gasteiger partial charge in [0, 0.05) is 24.3 Å². The smallest absolute Gasteiger partial charge is 0.251 e. The molecule has 0 spiro atoms. The monoisotopic (exact) mass is 370 g/mol. The van der Waals surface area contributed by atoms with Crippen LogP contribution in [-0.4, -0.2) is 19.0 Å². The molecule has 0 aliphatic rings. The fraction of sp³-hybridized carbons (Fsp3) is 0.160. The summed E-state index contributed by atoms with van der Waals surface area (Å²) in [5, 5.41) is 6.37. The number of carbonyl (C=O) groups excluding carboxylic acids is 1. The highest BCUT2D eigenvalue weighted by atomic mass is 16.1. The van der Waals surface area contributed by atoms with Gasteiger partial charge in [-0.05, 0) is 53.5 Å². The Kier molecular flexibility index (Phi) is 7.02. The van der Waals surface area contributed by atoms with Crippen molar-refractivity contribution in [2.24, 2.45) is 0 Å². The summed E-state index contributed by atoms with van der Waals surface area (Å²) < 4.78 is 0. The lowest BCUT2D eigenvalue weighted by Crippen LogP contribution is -2.23. The van der Waals surface area contributed by atoms with Gasteiger partial charge >= 0.3 is 0 Å². The molecule has 28 heavy (non-hydrogen) atoms. The molecule has 0 heterocycles. The highest BCUT2D eigenvalue weighted by Crippen LogP contribution is 2.20. The molecule has 142 valence electrons. The van der Waals surface area contributed by atoms with Crippen LogP contribution in [0.1, 0.15) is 34.8 Å². The van der Waals surface area contributed by atoms with Crippen LogP contribution in [0.4, 0.5) is 5.69 Å². The molecule has 3 aromatic carbocycles. The zero-order chi connectivity index (χ0) is 19.6. The molecule has 0 aliphatic carbocycles. The van der Waals surface area contributed by atoms with Gasteiger partial charge in [0.15, 0.2) is 0 Å². The number of carbonyl (C=O) groups is 1. The molecule has 0 fully saturated rings. The summed E-state index contributed by atoms with van der Waals surface area (Å²) in [7, 11) is 0. The van der Waals surface area contributed by atoms with Crippen LogP contribution in [0.2, 0.25) is 0 Å². The van der Waals surface area contributed by atoms with Crippen LogP contribution >= 0.6 is 0 Å². The molecule has 0 radical (unpaired) electrons. The number of anilines is 1. The summed E-state index contributed by atoms with van der Waals surface area (Å²) in [6.45, 7) is 3.43. The number of nitrogens with one attached hydrogen (secondary N) is 2. The average molecular weight is 370 g/mol. The summed E-state index contributed by atoms with van der Waals surface area (Å²) in [6.07, 6.45) is 3.14. The van der Waals surface area contributed by atoms with Gasteiger partial charge in [0.1, 0.15) is 0 Å². The van der Waals surface area contributed by atoms with E-state index in [2.05, 4.69) is 53.1 Å². The Hall–Kier alpha value is -3.33. The number of hydrogen-bond donors (Lipinski definition) is 2. The Morgan fingerprint density at radius 3 is 2.11 bits per heavy atom. The summed E-state index contributed by atoms with van der Waals surface area (Å²) in [6, 6.07) is 28.3. The summed E-state index contributed by atoms with van der Waals surface area (Å²) >= 11 is 0. The molecule has 0 saturated carbocycles. The number of rotatable bonds is 8. The SMILES string of the molecule is CCCNC(=O)c1ccc(NC/C(=C\c2ccccc2)c2ccccc2)cc1. The van der Waals surface area contributed by atoms with Crippen LogP contribution in [-0.2, 0) is 0 Å². The molecule has 3 heteroatoms. The molecule has 0 atom stereocenters. The average Bonchev–Trinajstić information content (AvgIpc) is 2.76. The van der Waals surface area contributed by atoms with Crippen molar-refractivity contribution in [3.05, 3.63) is 102 Å². The molecule has 0 bridgehead atoms. The standard InChI is InChI=1S/C25H26N2O/c1-2-17-26-25(28)22-13-15-24(16-14-22)27-19-23(21-11-7-4-8-12-21)18-20-9-5-3-6-10-20/h3-16,18,27H,2,17,19H2,1H3,(H,26,28)/b23-18+. The Balaban J connectivity index is 1.72. The minimum Gasteiger partial charge on any atom is -0.381 e. The second kappa shape index (κ2) is 10.1. The fourth-order valence-corrected chi connectivity index (χ4v) is 2.92. The zero-order valence-electron chi connectivity index (χ0n) is 16.2. The van der Waals surface area contributed by atoms with Gasteiger partial charge in [-0.3, -0.25) is 4.79 Å². The van der Waals surface area contributed by atoms with E-state index in [1.165, 1.54) is 16.7 Å². The van der Waals surface area contributed by atoms with E-state index in [9.17, 15) is 4.79 Å². The van der Waals surface area contributed by atoms with E-state index >= 15 is 0 Å². The highest BCUT2D eigenvalue weighted by Gasteiger charge is 2.05. The lowest BCUT2D eigenvalue weighted by atomic mass is 10.0. The van der Waals surface area contributed by atoms with Crippen molar-refractivity contribution in [2.75, 3.05) is 18.4 Å². The Morgan fingerprint density at radius 2 is 1.46 bits per heavy atom. The fourth-order valence-electron chi connectivity index (χ4n) is 2.92. The first-order valence-electron chi connectivity index (χ1n) is 9.69. The molecular formula is C25H26N2O. The second-order valence-electron chi connectivity index (χ2n) is 6.63. The van der Waals surface area contributed by atoms with Gasteiger partial charge in [-0.15, -0.1) is 0 Å². The quantitative estimate of drug-likeness (QED) is 0.516. The van der Waals surface area contributed by atoms with Gasteiger partial charge < -0.3 is 10.6 Å². The van der Waals surface area contributed by atoms with E-state index in [1.54, 1.807) is 0 Å². The topological polar surface area (TPSA) is 41.1 Å². The lowest BCUT2D eigenvalue weighted by Gasteiger charge is -2.12. The third kappa shape index (κ3) is 5.58. The van der Waals surface area contributed by atoms with Crippen molar-refractivity contribution in [1.82, 2.24) is 5.32 Å². The third-order valence-electron chi connectivity index (χ3n) is 4.45. The van der Waals surface area contributed by atoms with E-state index in [1.807, 2.05) is 55.5 Å². The second-order valence-corrected chi connectivity index (χ2v) is 6.63. The van der Waals surface area contributed by atoms with Crippen LogP contribution in [0.25, 0.3) is 11.6 Å². The molecule has 3 aromatic rings. The molecule has 2 N–H and O–H groups in total. The molecular weight excluding hydrogens is 344 g/mol.